The van der Waals surface area contributed by atoms with E-state index in [-0.39, 0.29) is 12.0 Å². The first kappa shape index (κ1) is 15.3. The van der Waals surface area contributed by atoms with Gasteiger partial charge in [-0.25, -0.2) is 4.98 Å². The van der Waals surface area contributed by atoms with Gasteiger partial charge in [0.15, 0.2) is 0 Å². The highest BCUT2D eigenvalue weighted by atomic mass is 16.5. The predicted octanol–water partition coefficient (Wildman–Crippen LogP) is 2.02. The summed E-state index contributed by atoms with van der Waals surface area (Å²) < 4.78 is 5.62. The molecule has 0 aliphatic carbocycles. The van der Waals surface area contributed by atoms with Gasteiger partial charge in [0.1, 0.15) is 17.6 Å². The van der Waals surface area contributed by atoms with Crippen LogP contribution in [-0.2, 0) is 4.74 Å². The molecule has 0 amide bonds. The van der Waals surface area contributed by atoms with Crippen LogP contribution in [-0.4, -0.2) is 41.5 Å². The molecule has 1 aromatic heterocycles. The maximum Gasteiger partial charge on any atom is 0.145 e. The Hall–Kier alpha value is -1.64. The molecular formula is C17H23N3O2. The summed E-state index contributed by atoms with van der Waals surface area (Å²) in [4.78, 5) is 6.75. The van der Waals surface area contributed by atoms with Gasteiger partial charge >= 0.3 is 0 Å². The highest BCUT2D eigenvalue weighted by Gasteiger charge is 2.44. The number of rotatable bonds is 2. The van der Waals surface area contributed by atoms with Crippen LogP contribution in [0.25, 0.3) is 0 Å². The van der Waals surface area contributed by atoms with Crippen LogP contribution in [0.4, 0.5) is 5.82 Å². The van der Waals surface area contributed by atoms with Gasteiger partial charge in [0.2, 0.25) is 0 Å². The number of aliphatic hydroxyl groups is 1. The number of ether oxygens (including phenoxy) is 1. The average molecular weight is 301 g/mol. The summed E-state index contributed by atoms with van der Waals surface area (Å²) in [6.07, 6.45) is 2.78. The lowest BCUT2D eigenvalue weighted by molar-refractivity contribution is -0.108. The number of aryl methyl sites for hydroxylation is 1. The predicted molar refractivity (Wildman–Crippen MR) is 83.6 cm³/mol. The van der Waals surface area contributed by atoms with Crippen molar-refractivity contribution in [2.45, 2.75) is 44.8 Å². The fourth-order valence-electron chi connectivity index (χ4n) is 3.67. The lowest BCUT2D eigenvalue weighted by atomic mass is 9.79. The third kappa shape index (κ3) is 2.69. The van der Waals surface area contributed by atoms with Crippen molar-refractivity contribution in [1.29, 1.82) is 5.26 Å². The van der Waals surface area contributed by atoms with Gasteiger partial charge in [0.05, 0.1) is 12.2 Å². The standard InChI is InChI=1S/C17H23N3O2/c1-12-5-6-16(19-14(12)10-18)20-8-3-4-15(20)13-11-22-9-7-17(13,2)21/h5-6,13,15,21H,3-4,7-9,11H2,1-2H3. The summed E-state index contributed by atoms with van der Waals surface area (Å²) in [5.41, 5.74) is 0.679. The summed E-state index contributed by atoms with van der Waals surface area (Å²) in [7, 11) is 0. The summed E-state index contributed by atoms with van der Waals surface area (Å²) >= 11 is 0. The quantitative estimate of drug-likeness (QED) is 0.905. The zero-order valence-corrected chi connectivity index (χ0v) is 13.2. The second-order valence-electron chi connectivity index (χ2n) is 6.64. The lowest BCUT2D eigenvalue weighted by Gasteiger charge is -2.43. The van der Waals surface area contributed by atoms with E-state index in [1.165, 1.54) is 0 Å². The Bertz CT molecular complexity index is 594. The van der Waals surface area contributed by atoms with Crippen LogP contribution in [0.1, 0.15) is 37.4 Å². The second kappa shape index (κ2) is 5.86. The maximum absolute atomic E-state index is 10.7. The molecule has 0 saturated carbocycles. The largest absolute Gasteiger partial charge is 0.390 e. The Morgan fingerprint density at radius 1 is 1.50 bits per heavy atom. The first-order chi connectivity index (χ1) is 10.5. The van der Waals surface area contributed by atoms with Gasteiger partial charge in [0, 0.05) is 25.1 Å². The van der Waals surface area contributed by atoms with E-state index in [2.05, 4.69) is 16.0 Å². The van der Waals surface area contributed by atoms with Crippen molar-refractivity contribution in [3.8, 4) is 6.07 Å². The maximum atomic E-state index is 10.7. The highest BCUT2D eigenvalue weighted by Crippen LogP contribution is 2.37. The van der Waals surface area contributed by atoms with E-state index in [4.69, 9.17) is 4.74 Å². The van der Waals surface area contributed by atoms with E-state index in [0.717, 1.165) is 30.8 Å². The smallest absolute Gasteiger partial charge is 0.145 e. The SMILES string of the molecule is Cc1ccc(N2CCCC2C2COCCC2(C)O)nc1C#N. The molecule has 1 aromatic rings. The molecule has 3 atom stereocenters. The first-order valence-electron chi connectivity index (χ1n) is 7.97. The number of hydrogen-bond acceptors (Lipinski definition) is 5. The monoisotopic (exact) mass is 301 g/mol. The van der Waals surface area contributed by atoms with Crippen LogP contribution in [0.3, 0.4) is 0 Å². The van der Waals surface area contributed by atoms with Crippen LogP contribution in [0.5, 0.6) is 0 Å². The Kier molecular flexibility index (Phi) is 4.07. The van der Waals surface area contributed by atoms with Gasteiger partial charge < -0.3 is 14.7 Å². The fourth-order valence-corrected chi connectivity index (χ4v) is 3.67. The van der Waals surface area contributed by atoms with Gasteiger partial charge in [-0.2, -0.15) is 5.26 Å². The molecular weight excluding hydrogens is 278 g/mol. The third-order valence-electron chi connectivity index (χ3n) is 5.09. The second-order valence-corrected chi connectivity index (χ2v) is 6.64. The van der Waals surface area contributed by atoms with Crippen LogP contribution < -0.4 is 4.90 Å². The van der Waals surface area contributed by atoms with Crippen molar-refractivity contribution < 1.29 is 9.84 Å². The van der Waals surface area contributed by atoms with Gasteiger partial charge in [-0.1, -0.05) is 6.07 Å². The molecule has 3 heterocycles. The number of nitrogens with zero attached hydrogens (tertiary/aromatic N) is 3. The molecule has 3 unspecified atom stereocenters. The van der Waals surface area contributed by atoms with E-state index >= 15 is 0 Å². The van der Waals surface area contributed by atoms with Crippen LogP contribution in [0, 0.1) is 24.2 Å². The topological polar surface area (TPSA) is 69.4 Å². The number of anilines is 1. The third-order valence-corrected chi connectivity index (χ3v) is 5.09. The molecule has 5 heteroatoms. The highest BCUT2D eigenvalue weighted by molar-refractivity contribution is 5.47. The normalized spacial score (nSPS) is 32.0. The van der Waals surface area contributed by atoms with E-state index < -0.39 is 5.60 Å². The molecule has 1 N–H and O–H groups in total. The zero-order valence-electron chi connectivity index (χ0n) is 13.2. The zero-order chi connectivity index (χ0) is 15.7. The number of nitriles is 1. The molecule has 118 valence electrons. The molecule has 2 saturated heterocycles. The van der Waals surface area contributed by atoms with Crippen LogP contribution in [0.2, 0.25) is 0 Å². The van der Waals surface area contributed by atoms with Crippen LogP contribution >= 0.6 is 0 Å². The molecule has 0 bridgehead atoms. The van der Waals surface area contributed by atoms with Crippen molar-refractivity contribution in [2.75, 3.05) is 24.7 Å². The molecule has 0 radical (unpaired) electrons. The van der Waals surface area contributed by atoms with Crippen molar-refractivity contribution >= 4 is 5.82 Å². The molecule has 0 aromatic carbocycles. The van der Waals surface area contributed by atoms with Gasteiger partial charge in [-0.3, -0.25) is 0 Å². The summed E-state index contributed by atoms with van der Waals surface area (Å²) in [5.74, 6) is 0.920. The fraction of sp³-hybridized carbons (Fsp3) is 0.647. The molecule has 0 spiro atoms. The Labute approximate surface area is 131 Å². The minimum atomic E-state index is -0.700. The van der Waals surface area contributed by atoms with E-state index in [0.29, 0.717) is 25.3 Å². The van der Waals surface area contributed by atoms with E-state index in [1.54, 1.807) is 0 Å². The first-order valence-corrected chi connectivity index (χ1v) is 7.97. The molecule has 2 aliphatic rings. The molecule has 22 heavy (non-hydrogen) atoms. The lowest BCUT2D eigenvalue weighted by Crippen LogP contribution is -2.52. The molecule has 5 nitrogen and oxygen atoms in total. The van der Waals surface area contributed by atoms with Crippen LogP contribution in [0.15, 0.2) is 12.1 Å². The number of pyridine rings is 1. The summed E-state index contributed by atoms with van der Waals surface area (Å²) in [6, 6.07) is 6.31. The van der Waals surface area contributed by atoms with Crippen molar-refractivity contribution in [1.82, 2.24) is 4.98 Å². The van der Waals surface area contributed by atoms with Crippen molar-refractivity contribution in [3.05, 3.63) is 23.4 Å². The molecule has 2 fully saturated rings. The summed E-state index contributed by atoms with van der Waals surface area (Å²) in [6.45, 7) is 5.94. The van der Waals surface area contributed by atoms with Crippen molar-refractivity contribution in [3.63, 3.8) is 0 Å². The van der Waals surface area contributed by atoms with Gasteiger partial charge in [-0.15, -0.1) is 0 Å². The minimum Gasteiger partial charge on any atom is -0.390 e. The van der Waals surface area contributed by atoms with Gasteiger partial charge in [-0.05, 0) is 44.7 Å². The Morgan fingerprint density at radius 3 is 3.05 bits per heavy atom. The number of aromatic nitrogens is 1. The molecule has 2 aliphatic heterocycles. The summed E-state index contributed by atoms with van der Waals surface area (Å²) in [5, 5.41) is 19.9. The molecule has 3 rings (SSSR count). The average Bonchev–Trinajstić information content (AvgIpc) is 2.96. The van der Waals surface area contributed by atoms with E-state index in [9.17, 15) is 10.4 Å². The Balaban J connectivity index is 1.89. The minimum absolute atomic E-state index is 0.0809. The van der Waals surface area contributed by atoms with Gasteiger partial charge in [0.25, 0.3) is 0 Å². The number of hydrogen-bond donors (Lipinski definition) is 1. The van der Waals surface area contributed by atoms with Crippen molar-refractivity contribution in [2.24, 2.45) is 5.92 Å². The Morgan fingerprint density at radius 2 is 2.32 bits per heavy atom. The van der Waals surface area contributed by atoms with E-state index in [1.807, 2.05) is 26.0 Å².